The van der Waals surface area contributed by atoms with Crippen LogP contribution in [0.1, 0.15) is 49.8 Å². The largest absolute Gasteiger partial charge is 0.497 e. The van der Waals surface area contributed by atoms with Gasteiger partial charge in [0, 0.05) is 23.4 Å². The maximum absolute atomic E-state index is 14.4. The number of benzene rings is 3. The van der Waals surface area contributed by atoms with Gasteiger partial charge in [-0.3, -0.25) is 14.5 Å². The molecule has 0 spiro atoms. The van der Waals surface area contributed by atoms with Gasteiger partial charge in [-0.15, -0.1) is 5.10 Å². The van der Waals surface area contributed by atoms with E-state index in [1.54, 1.807) is 42.0 Å². The van der Waals surface area contributed by atoms with Crippen molar-refractivity contribution < 1.29 is 19.1 Å². The molecule has 3 aromatic carbocycles. The first-order chi connectivity index (χ1) is 19.5. The molecule has 9 heteroatoms. The smallest absolute Gasteiger partial charge is 0.249 e. The topological polar surface area (TPSA) is 98.6 Å². The molecule has 1 fully saturated rings. The number of aryl methyl sites for hydroxylation is 1. The summed E-state index contributed by atoms with van der Waals surface area (Å²) in [5.74, 6) is 0.513. The highest BCUT2D eigenvalue weighted by Gasteiger charge is 2.37. The number of para-hydroxylation sites is 2. The lowest BCUT2D eigenvalue weighted by Crippen LogP contribution is -2.47. The molecule has 2 amide bonds. The molecule has 1 aliphatic rings. The van der Waals surface area contributed by atoms with Gasteiger partial charge in [-0.25, -0.2) is 4.68 Å². The van der Waals surface area contributed by atoms with Gasteiger partial charge in [-0.2, -0.15) is 0 Å². The maximum atomic E-state index is 14.4. The predicted molar refractivity (Wildman–Crippen MR) is 154 cm³/mol. The highest BCUT2D eigenvalue weighted by Crippen LogP contribution is 2.37. The lowest BCUT2D eigenvalue weighted by molar-refractivity contribution is -0.127. The van der Waals surface area contributed by atoms with Crippen LogP contribution in [0.4, 0.5) is 5.69 Å². The number of carbonyl (C=O) groups excluding carboxylic acids is 2. The van der Waals surface area contributed by atoms with Crippen molar-refractivity contribution in [2.75, 3.05) is 19.1 Å². The number of anilines is 1. The fourth-order valence-corrected chi connectivity index (χ4v) is 5.49. The van der Waals surface area contributed by atoms with Gasteiger partial charge in [0.15, 0.2) is 0 Å². The molecule has 1 atom stereocenters. The first-order valence-corrected chi connectivity index (χ1v) is 13.7. The Balaban J connectivity index is 1.65. The van der Waals surface area contributed by atoms with Crippen LogP contribution in [0.5, 0.6) is 11.5 Å². The molecule has 1 heterocycles. The number of nitrogens with one attached hydrogen (secondary N) is 1. The zero-order chi connectivity index (χ0) is 28.1. The molecule has 40 heavy (non-hydrogen) atoms. The zero-order valence-electron chi connectivity index (χ0n) is 23.2. The van der Waals surface area contributed by atoms with Crippen molar-refractivity contribution in [3.05, 3.63) is 77.9 Å². The van der Waals surface area contributed by atoms with Crippen molar-refractivity contribution >= 4 is 28.5 Å². The van der Waals surface area contributed by atoms with Crippen LogP contribution in [-0.4, -0.2) is 47.1 Å². The molecule has 1 aromatic heterocycles. The molecule has 0 radical (unpaired) electrons. The van der Waals surface area contributed by atoms with Crippen molar-refractivity contribution in [1.82, 2.24) is 20.3 Å². The van der Waals surface area contributed by atoms with Gasteiger partial charge in [0.05, 0.1) is 19.7 Å². The van der Waals surface area contributed by atoms with Crippen molar-refractivity contribution in [2.24, 2.45) is 0 Å². The van der Waals surface area contributed by atoms with Crippen molar-refractivity contribution in [3.63, 3.8) is 0 Å². The summed E-state index contributed by atoms with van der Waals surface area (Å²) in [6.45, 7) is 1.94. The Morgan fingerprint density at radius 3 is 2.52 bits per heavy atom. The number of hydrogen-bond donors (Lipinski definition) is 1. The summed E-state index contributed by atoms with van der Waals surface area (Å²) in [7, 11) is 3.13. The molecule has 4 aromatic rings. The van der Waals surface area contributed by atoms with E-state index in [4.69, 9.17) is 9.47 Å². The Kier molecular flexibility index (Phi) is 8.28. The van der Waals surface area contributed by atoms with E-state index in [9.17, 15) is 9.59 Å². The minimum Gasteiger partial charge on any atom is -0.497 e. The molecule has 5 rings (SSSR count). The van der Waals surface area contributed by atoms with E-state index < -0.39 is 6.04 Å². The number of aromatic nitrogens is 3. The van der Waals surface area contributed by atoms with Crippen LogP contribution in [0.3, 0.4) is 0 Å². The van der Waals surface area contributed by atoms with E-state index in [2.05, 4.69) is 15.6 Å². The predicted octanol–water partition coefficient (Wildman–Crippen LogP) is 4.84. The number of rotatable bonds is 10. The second-order valence-electron chi connectivity index (χ2n) is 9.98. The standard InChI is InChI=1S/C31H35N5O4/c1-4-21-11-5-9-15-26(21)36(29(37)20-35-27-16-10-8-14-25(27)33-34-35)30(31(38)32-22-12-6-7-13-22)24-18-17-23(39-2)19-28(24)40-3/h5,8-11,14-19,22,30H,4,6-7,12-13,20H2,1-3H3,(H,32,38)/t30-/m0/s1. The van der Waals surface area contributed by atoms with Gasteiger partial charge < -0.3 is 14.8 Å². The summed E-state index contributed by atoms with van der Waals surface area (Å²) in [5, 5.41) is 11.7. The first-order valence-electron chi connectivity index (χ1n) is 13.7. The number of methoxy groups -OCH3 is 2. The minimum atomic E-state index is -0.989. The Morgan fingerprint density at radius 1 is 1.02 bits per heavy atom. The molecular formula is C31H35N5O4. The molecule has 1 saturated carbocycles. The zero-order valence-corrected chi connectivity index (χ0v) is 23.2. The number of hydrogen-bond acceptors (Lipinski definition) is 6. The number of ether oxygens (including phenoxy) is 2. The number of carbonyl (C=O) groups is 2. The Hall–Kier alpha value is -4.40. The summed E-state index contributed by atoms with van der Waals surface area (Å²) >= 11 is 0. The molecule has 208 valence electrons. The fourth-order valence-electron chi connectivity index (χ4n) is 5.49. The summed E-state index contributed by atoms with van der Waals surface area (Å²) in [6.07, 6.45) is 4.67. The normalized spacial score (nSPS) is 14.2. The van der Waals surface area contributed by atoms with Gasteiger partial charge in [0.1, 0.15) is 29.6 Å². The highest BCUT2D eigenvalue weighted by atomic mass is 16.5. The molecule has 9 nitrogen and oxygen atoms in total. The molecule has 0 bridgehead atoms. The first kappa shape index (κ1) is 27.2. The van der Waals surface area contributed by atoms with Crippen LogP contribution in [-0.2, 0) is 22.6 Å². The van der Waals surface area contributed by atoms with Gasteiger partial charge in [-0.1, -0.05) is 55.3 Å². The van der Waals surface area contributed by atoms with Gasteiger partial charge in [-0.05, 0) is 55.2 Å². The van der Waals surface area contributed by atoms with E-state index in [-0.39, 0.29) is 24.4 Å². The fraction of sp³-hybridized carbons (Fsp3) is 0.355. The lowest BCUT2D eigenvalue weighted by atomic mass is 9.99. The Bertz CT molecular complexity index is 1490. The van der Waals surface area contributed by atoms with Crippen LogP contribution >= 0.6 is 0 Å². The molecule has 0 aliphatic heterocycles. The van der Waals surface area contributed by atoms with E-state index in [0.717, 1.165) is 36.8 Å². The van der Waals surface area contributed by atoms with Crippen LogP contribution in [0.15, 0.2) is 66.7 Å². The van der Waals surface area contributed by atoms with Crippen LogP contribution < -0.4 is 19.7 Å². The summed E-state index contributed by atoms with van der Waals surface area (Å²) < 4.78 is 12.7. The van der Waals surface area contributed by atoms with Crippen molar-refractivity contribution in [1.29, 1.82) is 0 Å². The third-order valence-corrected chi connectivity index (χ3v) is 7.55. The van der Waals surface area contributed by atoms with E-state index in [0.29, 0.717) is 34.7 Å². The monoisotopic (exact) mass is 541 g/mol. The average molecular weight is 542 g/mol. The third kappa shape index (κ3) is 5.50. The Morgan fingerprint density at radius 2 is 1.77 bits per heavy atom. The SMILES string of the molecule is CCc1ccccc1N(C(=O)Cn1nnc2ccccc21)[C@H](C(=O)NC1CCCC1)c1ccc(OC)cc1OC. The number of amides is 2. The molecule has 0 saturated heterocycles. The molecular weight excluding hydrogens is 506 g/mol. The van der Waals surface area contributed by atoms with Gasteiger partial charge in [0.25, 0.3) is 0 Å². The maximum Gasteiger partial charge on any atom is 0.249 e. The molecule has 1 aliphatic carbocycles. The second kappa shape index (κ2) is 12.2. The van der Waals surface area contributed by atoms with Crippen molar-refractivity contribution in [3.8, 4) is 11.5 Å². The van der Waals surface area contributed by atoms with E-state index >= 15 is 0 Å². The quantitative estimate of drug-likeness (QED) is 0.308. The van der Waals surface area contributed by atoms with Gasteiger partial charge in [0.2, 0.25) is 11.8 Å². The summed E-state index contributed by atoms with van der Waals surface area (Å²) in [4.78, 5) is 30.2. The van der Waals surface area contributed by atoms with Crippen LogP contribution in [0.25, 0.3) is 11.0 Å². The summed E-state index contributed by atoms with van der Waals surface area (Å²) in [5.41, 5.74) is 3.63. The molecule has 0 unspecified atom stereocenters. The average Bonchev–Trinajstić information content (AvgIpc) is 3.65. The number of nitrogens with zero attached hydrogens (tertiary/aromatic N) is 4. The lowest BCUT2D eigenvalue weighted by Gasteiger charge is -2.34. The second-order valence-corrected chi connectivity index (χ2v) is 9.98. The summed E-state index contributed by atoms with van der Waals surface area (Å²) in [6, 6.07) is 19.6. The van der Waals surface area contributed by atoms with E-state index in [1.807, 2.05) is 55.5 Å². The third-order valence-electron chi connectivity index (χ3n) is 7.55. The van der Waals surface area contributed by atoms with E-state index in [1.165, 1.54) is 0 Å². The Labute approximate surface area is 234 Å². The van der Waals surface area contributed by atoms with Gasteiger partial charge >= 0.3 is 0 Å². The molecule has 1 N–H and O–H groups in total. The van der Waals surface area contributed by atoms with Crippen LogP contribution in [0.2, 0.25) is 0 Å². The highest BCUT2D eigenvalue weighted by molar-refractivity contribution is 6.02. The van der Waals surface area contributed by atoms with Crippen LogP contribution in [0, 0.1) is 0 Å². The number of fused-ring (bicyclic) bond motifs is 1. The minimum absolute atomic E-state index is 0.0665. The van der Waals surface area contributed by atoms with Crippen molar-refractivity contribution in [2.45, 2.75) is 57.7 Å².